The van der Waals surface area contributed by atoms with Gasteiger partial charge in [0.25, 0.3) is 0 Å². The Morgan fingerprint density at radius 3 is 2.71 bits per heavy atom. The summed E-state index contributed by atoms with van der Waals surface area (Å²) >= 11 is 3.52. The predicted octanol–water partition coefficient (Wildman–Crippen LogP) is 4.06. The predicted molar refractivity (Wildman–Crippen MR) is 91.5 cm³/mol. The summed E-state index contributed by atoms with van der Waals surface area (Å²) in [6, 6.07) is 10.4. The molecule has 2 rings (SSSR count). The van der Waals surface area contributed by atoms with Gasteiger partial charge in [-0.15, -0.1) is 0 Å². The molecule has 0 unspecified atom stereocenters. The third-order valence-corrected chi connectivity index (χ3v) is 4.25. The molecule has 1 aromatic carbocycles. The molecule has 0 bridgehead atoms. The molecule has 0 aliphatic heterocycles. The maximum atomic E-state index is 5.90. The molecule has 1 heterocycles. The third-order valence-electron chi connectivity index (χ3n) is 3.36. The average Bonchev–Trinajstić information content (AvgIpc) is 2.90. The summed E-state index contributed by atoms with van der Waals surface area (Å²) in [7, 11) is 4.19. The highest BCUT2D eigenvalue weighted by molar-refractivity contribution is 9.10. The molecule has 0 aliphatic carbocycles. The number of benzene rings is 1. The van der Waals surface area contributed by atoms with Crippen LogP contribution in [0, 0.1) is 6.92 Å². The van der Waals surface area contributed by atoms with E-state index in [1.807, 2.05) is 12.1 Å². The standard InChI is InChI=1S/C17H23BrN2O/c1-13-11-14(5-7-16(13)18)17-8-6-15(21-17)12-19-9-4-10-20(2)3/h5-8,11,19H,4,9-10,12H2,1-3H3. The number of rotatable bonds is 7. The molecule has 0 amide bonds. The van der Waals surface area contributed by atoms with Gasteiger partial charge in [0.15, 0.2) is 0 Å². The van der Waals surface area contributed by atoms with Crippen molar-refractivity contribution in [3.63, 3.8) is 0 Å². The molecule has 1 N–H and O–H groups in total. The summed E-state index contributed by atoms with van der Waals surface area (Å²) in [6.45, 7) is 4.98. The molecule has 0 fully saturated rings. The summed E-state index contributed by atoms with van der Waals surface area (Å²) in [5.74, 6) is 1.91. The van der Waals surface area contributed by atoms with Crippen molar-refractivity contribution in [2.24, 2.45) is 0 Å². The molecule has 114 valence electrons. The first-order valence-corrected chi connectivity index (χ1v) is 8.06. The van der Waals surface area contributed by atoms with Crippen LogP contribution in [0.2, 0.25) is 0 Å². The Hall–Kier alpha value is -1.10. The second kappa shape index (κ2) is 7.78. The number of nitrogens with one attached hydrogen (secondary N) is 1. The van der Waals surface area contributed by atoms with Gasteiger partial charge in [-0.05, 0) is 70.4 Å². The monoisotopic (exact) mass is 350 g/mol. The largest absolute Gasteiger partial charge is 0.460 e. The Bertz CT molecular complexity index is 578. The number of nitrogens with zero attached hydrogens (tertiary/aromatic N) is 1. The fourth-order valence-corrected chi connectivity index (χ4v) is 2.40. The van der Waals surface area contributed by atoms with Crippen LogP contribution in [0.1, 0.15) is 17.7 Å². The number of halogens is 1. The molecule has 21 heavy (non-hydrogen) atoms. The number of furan rings is 1. The molecule has 1 aromatic heterocycles. The minimum atomic E-state index is 0.781. The quantitative estimate of drug-likeness (QED) is 0.763. The molecule has 3 nitrogen and oxygen atoms in total. The van der Waals surface area contributed by atoms with Gasteiger partial charge in [-0.2, -0.15) is 0 Å². The fourth-order valence-electron chi connectivity index (χ4n) is 2.16. The van der Waals surface area contributed by atoms with E-state index in [0.29, 0.717) is 0 Å². The van der Waals surface area contributed by atoms with Gasteiger partial charge in [0.05, 0.1) is 6.54 Å². The Balaban J connectivity index is 1.87. The minimum absolute atomic E-state index is 0.781. The Morgan fingerprint density at radius 1 is 1.19 bits per heavy atom. The van der Waals surface area contributed by atoms with Gasteiger partial charge in [0.2, 0.25) is 0 Å². The van der Waals surface area contributed by atoms with Crippen molar-refractivity contribution in [3.8, 4) is 11.3 Å². The van der Waals surface area contributed by atoms with Crippen molar-refractivity contribution in [3.05, 3.63) is 46.1 Å². The highest BCUT2D eigenvalue weighted by Crippen LogP contribution is 2.26. The zero-order valence-electron chi connectivity index (χ0n) is 12.9. The first kappa shape index (κ1) is 16.3. The normalized spacial score (nSPS) is 11.3. The molecule has 0 aliphatic rings. The third kappa shape index (κ3) is 4.99. The minimum Gasteiger partial charge on any atom is -0.460 e. The van der Waals surface area contributed by atoms with Gasteiger partial charge < -0.3 is 14.6 Å². The van der Waals surface area contributed by atoms with Gasteiger partial charge in [-0.1, -0.05) is 22.0 Å². The fraction of sp³-hybridized carbons (Fsp3) is 0.412. The van der Waals surface area contributed by atoms with Crippen LogP contribution in [0.3, 0.4) is 0 Å². The Labute approximate surface area is 135 Å². The molecule has 0 spiro atoms. The van der Waals surface area contributed by atoms with Crippen molar-refractivity contribution >= 4 is 15.9 Å². The SMILES string of the molecule is Cc1cc(-c2ccc(CNCCCN(C)C)o2)ccc1Br. The number of hydrogen-bond donors (Lipinski definition) is 1. The van der Waals surface area contributed by atoms with E-state index >= 15 is 0 Å². The van der Waals surface area contributed by atoms with Crippen molar-refractivity contribution in [1.82, 2.24) is 10.2 Å². The van der Waals surface area contributed by atoms with E-state index in [2.05, 4.69) is 65.4 Å². The lowest BCUT2D eigenvalue weighted by molar-refractivity contribution is 0.391. The molecule has 0 saturated carbocycles. The summed E-state index contributed by atoms with van der Waals surface area (Å²) in [5.41, 5.74) is 2.34. The van der Waals surface area contributed by atoms with Gasteiger partial charge in [-0.3, -0.25) is 0 Å². The molecular weight excluding hydrogens is 328 g/mol. The summed E-state index contributed by atoms with van der Waals surface area (Å²) in [4.78, 5) is 2.20. The Morgan fingerprint density at radius 2 is 2.00 bits per heavy atom. The van der Waals surface area contributed by atoms with Crippen LogP contribution in [0.5, 0.6) is 0 Å². The van der Waals surface area contributed by atoms with Gasteiger partial charge in [0.1, 0.15) is 11.5 Å². The van der Waals surface area contributed by atoms with E-state index < -0.39 is 0 Å². The maximum absolute atomic E-state index is 5.90. The molecule has 2 aromatic rings. The van der Waals surface area contributed by atoms with Crippen molar-refractivity contribution < 1.29 is 4.42 Å². The maximum Gasteiger partial charge on any atom is 0.134 e. The highest BCUT2D eigenvalue weighted by atomic mass is 79.9. The first-order chi connectivity index (χ1) is 10.1. The molecular formula is C17H23BrN2O. The van der Waals surface area contributed by atoms with Crippen LogP contribution >= 0.6 is 15.9 Å². The zero-order chi connectivity index (χ0) is 15.2. The van der Waals surface area contributed by atoms with Crippen LogP contribution in [0.25, 0.3) is 11.3 Å². The molecule has 4 heteroatoms. The van der Waals surface area contributed by atoms with Crippen LogP contribution < -0.4 is 5.32 Å². The first-order valence-electron chi connectivity index (χ1n) is 7.27. The van der Waals surface area contributed by atoms with Gasteiger partial charge in [-0.25, -0.2) is 0 Å². The number of aryl methyl sites for hydroxylation is 1. The van der Waals surface area contributed by atoms with Crippen molar-refractivity contribution in [2.45, 2.75) is 19.9 Å². The van der Waals surface area contributed by atoms with Crippen LogP contribution in [0.4, 0.5) is 0 Å². The summed E-state index contributed by atoms with van der Waals surface area (Å²) in [6.07, 6.45) is 1.15. The van der Waals surface area contributed by atoms with E-state index in [9.17, 15) is 0 Å². The Kier molecular flexibility index (Phi) is 6.03. The van der Waals surface area contributed by atoms with Crippen LogP contribution in [-0.2, 0) is 6.54 Å². The van der Waals surface area contributed by atoms with E-state index in [1.165, 1.54) is 5.56 Å². The van der Waals surface area contributed by atoms with E-state index in [4.69, 9.17) is 4.42 Å². The number of hydrogen-bond acceptors (Lipinski definition) is 3. The van der Waals surface area contributed by atoms with Gasteiger partial charge >= 0.3 is 0 Å². The zero-order valence-corrected chi connectivity index (χ0v) is 14.5. The second-order valence-corrected chi connectivity index (χ2v) is 6.42. The summed E-state index contributed by atoms with van der Waals surface area (Å²) < 4.78 is 7.03. The lowest BCUT2D eigenvalue weighted by Crippen LogP contribution is -2.20. The van der Waals surface area contributed by atoms with Gasteiger partial charge in [0, 0.05) is 10.0 Å². The lowest BCUT2D eigenvalue weighted by atomic mass is 10.1. The molecule has 0 radical (unpaired) electrons. The van der Waals surface area contributed by atoms with Crippen molar-refractivity contribution in [2.75, 3.05) is 27.2 Å². The topological polar surface area (TPSA) is 28.4 Å². The van der Waals surface area contributed by atoms with E-state index in [-0.39, 0.29) is 0 Å². The average molecular weight is 351 g/mol. The van der Waals surface area contributed by atoms with E-state index in [0.717, 1.165) is 47.6 Å². The highest BCUT2D eigenvalue weighted by Gasteiger charge is 2.06. The molecule has 0 saturated heterocycles. The lowest BCUT2D eigenvalue weighted by Gasteiger charge is -2.09. The summed E-state index contributed by atoms with van der Waals surface area (Å²) in [5, 5.41) is 3.41. The van der Waals surface area contributed by atoms with E-state index in [1.54, 1.807) is 0 Å². The van der Waals surface area contributed by atoms with Crippen LogP contribution in [-0.4, -0.2) is 32.1 Å². The van der Waals surface area contributed by atoms with Crippen molar-refractivity contribution in [1.29, 1.82) is 0 Å². The smallest absolute Gasteiger partial charge is 0.134 e. The molecule has 0 atom stereocenters. The second-order valence-electron chi connectivity index (χ2n) is 5.56. The van der Waals surface area contributed by atoms with Crippen LogP contribution in [0.15, 0.2) is 39.2 Å².